The molecule has 2 aromatic carbocycles. The van der Waals surface area contributed by atoms with Crippen LogP contribution >= 0.6 is 0 Å². The number of para-hydroxylation sites is 1. The Kier molecular flexibility index (Phi) is 10.9. The lowest BCUT2D eigenvalue weighted by molar-refractivity contribution is -0.136. The minimum absolute atomic E-state index is 0.0428. The first kappa shape index (κ1) is 30.9. The van der Waals surface area contributed by atoms with Crippen LogP contribution in [0.5, 0.6) is 0 Å². The third-order valence-corrected chi connectivity index (χ3v) is 7.51. The number of aryl methyl sites for hydroxylation is 1. The number of imidazole rings is 1. The fraction of sp³-hybridized carbons (Fsp3) is 0.438. The van der Waals surface area contributed by atoms with E-state index < -0.39 is 5.97 Å². The minimum Gasteiger partial charge on any atom is -0.481 e. The number of likely N-dealkylation sites (N-methyl/N-ethyl adjacent to an activating group) is 1. The first-order valence-electron chi connectivity index (χ1n) is 14.7. The molecule has 0 fully saturated rings. The van der Waals surface area contributed by atoms with Crippen molar-refractivity contribution < 1.29 is 19.4 Å². The maximum absolute atomic E-state index is 13.4. The van der Waals surface area contributed by atoms with Gasteiger partial charge in [-0.3, -0.25) is 14.5 Å². The number of ether oxygens (including phenoxy) is 1. The number of nitrogens with zero attached hydrogens (tertiary/aromatic N) is 5. The molecule has 2 aromatic heterocycles. The number of nitrogens with two attached hydrogens (primary N) is 1. The predicted octanol–water partition coefficient (Wildman–Crippen LogP) is 4.48. The molecular formula is C32H42N6O4. The monoisotopic (exact) mass is 574 g/mol. The Hall–Kier alpha value is -4.02. The van der Waals surface area contributed by atoms with Gasteiger partial charge in [-0.25, -0.2) is 9.97 Å². The molecule has 4 aromatic rings. The van der Waals surface area contributed by atoms with Gasteiger partial charge in [0.15, 0.2) is 5.82 Å². The molecule has 3 N–H and O–H groups in total. The third kappa shape index (κ3) is 7.63. The Morgan fingerprint density at radius 2 is 1.76 bits per heavy atom. The van der Waals surface area contributed by atoms with Crippen molar-refractivity contribution in [3.05, 3.63) is 65.5 Å². The molecule has 0 atom stereocenters. The lowest BCUT2D eigenvalue weighted by Gasteiger charge is -2.27. The second kappa shape index (κ2) is 14.7. The van der Waals surface area contributed by atoms with E-state index in [0.29, 0.717) is 50.7 Å². The van der Waals surface area contributed by atoms with Crippen molar-refractivity contribution in [2.75, 3.05) is 38.5 Å². The summed E-state index contributed by atoms with van der Waals surface area (Å²) in [6.07, 6.45) is 1.55. The van der Waals surface area contributed by atoms with Crippen LogP contribution in [-0.4, -0.2) is 74.1 Å². The molecule has 0 radical (unpaired) electrons. The molecule has 10 nitrogen and oxygen atoms in total. The van der Waals surface area contributed by atoms with Crippen molar-refractivity contribution in [3.8, 4) is 0 Å². The Morgan fingerprint density at radius 3 is 2.50 bits per heavy atom. The normalized spacial score (nSPS) is 11.5. The van der Waals surface area contributed by atoms with Crippen molar-refractivity contribution in [1.29, 1.82) is 0 Å². The number of carbonyl (C=O) groups excluding carboxylic acids is 1. The molecule has 4 rings (SSSR count). The van der Waals surface area contributed by atoms with Gasteiger partial charge in [-0.05, 0) is 50.0 Å². The first-order chi connectivity index (χ1) is 20.3. The summed E-state index contributed by atoms with van der Waals surface area (Å²) in [4.78, 5) is 38.0. The van der Waals surface area contributed by atoms with Crippen LogP contribution in [-0.2, 0) is 40.4 Å². The number of aliphatic carboxylic acids is 1. The van der Waals surface area contributed by atoms with E-state index in [1.807, 2.05) is 54.3 Å². The zero-order chi connectivity index (χ0) is 30.1. The van der Waals surface area contributed by atoms with Crippen LogP contribution < -0.4 is 5.73 Å². The van der Waals surface area contributed by atoms with Gasteiger partial charge in [-0.1, -0.05) is 56.3 Å². The number of rotatable bonds is 16. The lowest BCUT2D eigenvalue weighted by atomic mass is 10.1. The fourth-order valence-electron chi connectivity index (χ4n) is 5.29. The van der Waals surface area contributed by atoms with E-state index in [2.05, 4.69) is 28.3 Å². The van der Waals surface area contributed by atoms with Crippen LogP contribution in [0.25, 0.3) is 21.9 Å². The minimum atomic E-state index is -0.873. The highest BCUT2D eigenvalue weighted by atomic mass is 16.5. The Balaban J connectivity index is 1.54. The fourth-order valence-corrected chi connectivity index (χ4v) is 5.29. The molecule has 0 saturated heterocycles. The molecule has 0 bridgehead atoms. The number of hydrogen-bond donors (Lipinski definition) is 2. The van der Waals surface area contributed by atoms with Gasteiger partial charge >= 0.3 is 5.97 Å². The third-order valence-electron chi connectivity index (χ3n) is 7.51. The van der Waals surface area contributed by atoms with E-state index in [1.165, 1.54) is 0 Å². The number of aromatic nitrogens is 3. The van der Waals surface area contributed by atoms with Crippen LogP contribution in [0.4, 0.5) is 5.82 Å². The summed E-state index contributed by atoms with van der Waals surface area (Å²) < 4.78 is 7.92. The number of nitrogen functional groups attached to an aromatic ring is 1. The molecule has 0 saturated carbocycles. The van der Waals surface area contributed by atoms with Crippen LogP contribution in [0.3, 0.4) is 0 Å². The quantitative estimate of drug-likeness (QED) is 0.188. The van der Waals surface area contributed by atoms with Crippen LogP contribution in [0.1, 0.15) is 50.6 Å². The molecule has 0 aliphatic heterocycles. The van der Waals surface area contributed by atoms with Crippen LogP contribution in [0.15, 0.2) is 48.5 Å². The van der Waals surface area contributed by atoms with E-state index in [9.17, 15) is 14.7 Å². The number of carbonyl (C=O) groups is 2. The van der Waals surface area contributed by atoms with Crippen molar-refractivity contribution >= 4 is 39.6 Å². The predicted molar refractivity (Wildman–Crippen MR) is 165 cm³/mol. The van der Waals surface area contributed by atoms with E-state index in [-0.39, 0.29) is 12.3 Å². The molecule has 10 heteroatoms. The molecule has 0 unspecified atom stereocenters. The summed E-state index contributed by atoms with van der Waals surface area (Å²) in [5.74, 6) is 0.403. The highest BCUT2D eigenvalue weighted by Crippen LogP contribution is 2.29. The number of benzene rings is 2. The average molecular weight is 575 g/mol. The van der Waals surface area contributed by atoms with E-state index in [0.717, 1.165) is 59.3 Å². The number of pyridine rings is 1. The Morgan fingerprint density at radius 1 is 1.00 bits per heavy atom. The van der Waals surface area contributed by atoms with Crippen LogP contribution in [0.2, 0.25) is 0 Å². The van der Waals surface area contributed by atoms with Gasteiger partial charge in [-0.15, -0.1) is 0 Å². The number of unbranched alkanes of at least 4 members (excludes halogenated alkanes) is 1. The van der Waals surface area contributed by atoms with Crippen molar-refractivity contribution in [1.82, 2.24) is 24.3 Å². The summed E-state index contributed by atoms with van der Waals surface area (Å²) in [7, 11) is 0. The lowest BCUT2D eigenvalue weighted by Crippen LogP contribution is -2.40. The van der Waals surface area contributed by atoms with Crippen molar-refractivity contribution in [2.24, 2.45) is 0 Å². The number of anilines is 1. The summed E-state index contributed by atoms with van der Waals surface area (Å²) in [5.41, 5.74) is 10.4. The van der Waals surface area contributed by atoms with Crippen LogP contribution in [0, 0.1) is 0 Å². The smallest absolute Gasteiger partial charge is 0.307 e. The number of fused-ring (bicyclic) bond motifs is 3. The maximum atomic E-state index is 13.4. The molecule has 224 valence electrons. The molecular weight excluding hydrogens is 532 g/mol. The van der Waals surface area contributed by atoms with Gasteiger partial charge in [0.1, 0.15) is 17.9 Å². The summed E-state index contributed by atoms with van der Waals surface area (Å²) >= 11 is 0. The van der Waals surface area contributed by atoms with Gasteiger partial charge in [0.05, 0.1) is 24.0 Å². The van der Waals surface area contributed by atoms with Gasteiger partial charge in [-0.2, -0.15) is 0 Å². The molecule has 2 heterocycles. The number of hydrogen-bond acceptors (Lipinski definition) is 7. The number of carboxylic acids is 1. The average Bonchev–Trinajstić information content (AvgIpc) is 3.35. The highest BCUT2D eigenvalue weighted by molar-refractivity contribution is 6.06. The van der Waals surface area contributed by atoms with E-state index >= 15 is 0 Å². The zero-order valence-corrected chi connectivity index (χ0v) is 24.9. The SMILES string of the molecule is CCOCc1nc2c(N)nc3ccccc3c2n1CCCCN(Cc1cccc(CC(=O)O)c1)C(=O)CN(CC)CC. The second-order valence-electron chi connectivity index (χ2n) is 10.4. The van der Waals surface area contributed by atoms with Gasteiger partial charge in [0, 0.05) is 31.6 Å². The maximum Gasteiger partial charge on any atom is 0.307 e. The summed E-state index contributed by atoms with van der Waals surface area (Å²) in [5, 5.41) is 10.2. The standard InChI is InChI=1S/C32H42N6O4/c1-4-36(5-2)21-28(39)37(20-24-13-11-12-23(18-24)19-29(40)41)16-9-10-17-38-27(22-42-6-3)35-30-31(38)25-14-7-8-15-26(25)34-32(30)33/h7-8,11-15,18H,4-6,9-10,16-17,19-22H2,1-3H3,(H2,33,34)(H,40,41). The van der Waals surface area contributed by atoms with Crippen molar-refractivity contribution in [3.63, 3.8) is 0 Å². The number of carboxylic acid groups (broad SMARTS) is 1. The van der Waals surface area contributed by atoms with E-state index in [1.54, 1.807) is 6.07 Å². The number of amides is 1. The topological polar surface area (TPSA) is 127 Å². The molecule has 0 aliphatic carbocycles. The summed E-state index contributed by atoms with van der Waals surface area (Å²) in [6.45, 7) is 10.7. The molecule has 0 aliphatic rings. The molecule has 1 amide bonds. The Bertz CT molecular complexity index is 1510. The second-order valence-corrected chi connectivity index (χ2v) is 10.4. The zero-order valence-electron chi connectivity index (χ0n) is 24.9. The molecule has 0 spiro atoms. The van der Waals surface area contributed by atoms with Gasteiger partial charge in [0.25, 0.3) is 0 Å². The first-order valence-corrected chi connectivity index (χ1v) is 14.7. The van der Waals surface area contributed by atoms with E-state index in [4.69, 9.17) is 15.5 Å². The highest BCUT2D eigenvalue weighted by Gasteiger charge is 2.19. The Labute approximate surface area is 247 Å². The van der Waals surface area contributed by atoms with Gasteiger partial charge < -0.3 is 25.0 Å². The van der Waals surface area contributed by atoms with Crippen molar-refractivity contribution in [2.45, 2.75) is 59.7 Å². The van der Waals surface area contributed by atoms with Gasteiger partial charge in [0.2, 0.25) is 5.91 Å². The summed E-state index contributed by atoms with van der Waals surface area (Å²) in [6, 6.07) is 15.4. The largest absolute Gasteiger partial charge is 0.481 e. The molecule has 42 heavy (non-hydrogen) atoms.